The lowest BCUT2D eigenvalue weighted by atomic mass is 10.2. The molecule has 2 rings (SSSR count). The number of carbonyl (C=O) groups is 1. The van der Waals surface area contributed by atoms with Gasteiger partial charge in [-0.15, -0.1) is 10.2 Å². The maximum atomic E-state index is 13.6. The fraction of sp³-hybridized carbons (Fsp3) is 0.357. The van der Waals surface area contributed by atoms with Crippen LogP contribution in [0.4, 0.5) is 4.39 Å². The molecule has 0 aliphatic rings. The summed E-state index contributed by atoms with van der Waals surface area (Å²) in [6.07, 6.45) is 1.80. The molecule has 0 aliphatic carbocycles. The summed E-state index contributed by atoms with van der Waals surface area (Å²) < 4.78 is 23.9. The van der Waals surface area contributed by atoms with Crippen LogP contribution in [-0.2, 0) is 11.2 Å². The van der Waals surface area contributed by atoms with Gasteiger partial charge in [-0.2, -0.15) is 0 Å². The third kappa shape index (κ3) is 4.01. The Morgan fingerprint density at radius 3 is 2.86 bits per heavy atom. The van der Waals surface area contributed by atoms with E-state index in [0.29, 0.717) is 30.7 Å². The molecule has 0 unspecified atom stereocenters. The van der Waals surface area contributed by atoms with Crippen molar-refractivity contribution in [3.8, 4) is 17.2 Å². The summed E-state index contributed by atoms with van der Waals surface area (Å²) >= 11 is 0. The number of halogens is 1. The minimum atomic E-state index is -0.824. The summed E-state index contributed by atoms with van der Waals surface area (Å²) in [7, 11) is 1.39. The van der Waals surface area contributed by atoms with E-state index in [9.17, 15) is 9.18 Å². The summed E-state index contributed by atoms with van der Waals surface area (Å²) in [5.74, 6) is -0.547. The molecule has 0 radical (unpaired) electrons. The largest absolute Gasteiger partial charge is 0.494 e. The Bertz CT molecular complexity index is 627. The van der Waals surface area contributed by atoms with Crippen LogP contribution < -0.4 is 4.74 Å². The summed E-state index contributed by atoms with van der Waals surface area (Å²) in [6.45, 7) is 0. The molecule has 0 fully saturated rings. The van der Waals surface area contributed by atoms with Crippen LogP contribution in [0.15, 0.2) is 22.6 Å². The van der Waals surface area contributed by atoms with Gasteiger partial charge < -0.3 is 14.3 Å². The van der Waals surface area contributed by atoms with E-state index in [4.69, 9.17) is 14.3 Å². The van der Waals surface area contributed by atoms with Crippen LogP contribution in [0, 0.1) is 5.82 Å². The van der Waals surface area contributed by atoms with E-state index >= 15 is 0 Å². The average Bonchev–Trinajstić information content (AvgIpc) is 2.92. The molecule has 0 saturated heterocycles. The van der Waals surface area contributed by atoms with Gasteiger partial charge in [0.15, 0.2) is 11.6 Å². The lowest BCUT2D eigenvalue weighted by Gasteiger charge is -2.01. The normalized spacial score (nSPS) is 10.6. The molecule has 1 heterocycles. The molecule has 0 saturated carbocycles. The van der Waals surface area contributed by atoms with Gasteiger partial charge in [-0.05, 0) is 31.0 Å². The van der Waals surface area contributed by atoms with Crippen molar-refractivity contribution >= 4 is 5.97 Å². The number of hydrogen-bond acceptors (Lipinski definition) is 5. The first-order chi connectivity index (χ1) is 10.1. The third-order valence-corrected chi connectivity index (χ3v) is 2.90. The fourth-order valence-corrected chi connectivity index (χ4v) is 1.82. The summed E-state index contributed by atoms with van der Waals surface area (Å²) in [4.78, 5) is 10.4. The number of aryl methyl sites for hydroxylation is 1. The summed E-state index contributed by atoms with van der Waals surface area (Å²) in [6, 6.07) is 4.38. The van der Waals surface area contributed by atoms with Gasteiger partial charge in [0.2, 0.25) is 11.8 Å². The van der Waals surface area contributed by atoms with Gasteiger partial charge in [-0.3, -0.25) is 4.79 Å². The highest BCUT2D eigenvalue weighted by molar-refractivity contribution is 5.66. The zero-order valence-corrected chi connectivity index (χ0v) is 11.5. The maximum absolute atomic E-state index is 13.6. The predicted molar refractivity (Wildman–Crippen MR) is 71.4 cm³/mol. The Morgan fingerprint density at radius 2 is 2.19 bits per heavy atom. The standard InChI is InChI=1S/C14H15FN2O4/c1-20-11-7-6-9(8-10(11)15)14-17-16-12(21-14)4-2-3-5-13(18)19/h6-8H,2-5H2,1H3,(H,18,19). The van der Waals surface area contributed by atoms with E-state index in [-0.39, 0.29) is 18.1 Å². The van der Waals surface area contributed by atoms with E-state index in [1.54, 1.807) is 6.07 Å². The zero-order valence-electron chi connectivity index (χ0n) is 11.5. The lowest BCUT2D eigenvalue weighted by Crippen LogP contribution is -1.95. The highest BCUT2D eigenvalue weighted by Gasteiger charge is 2.11. The number of benzene rings is 1. The first-order valence-corrected chi connectivity index (χ1v) is 6.48. The molecule has 0 bridgehead atoms. The molecule has 0 spiro atoms. The van der Waals surface area contributed by atoms with E-state index in [1.807, 2.05) is 0 Å². The number of carboxylic acid groups (broad SMARTS) is 1. The molecule has 1 aromatic carbocycles. The highest BCUT2D eigenvalue weighted by atomic mass is 19.1. The second-order valence-corrected chi connectivity index (χ2v) is 4.45. The molecular weight excluding hydrogens is 279 g/mol. The molecule has 1 aromatic heterocycles. The van der Waals surface area contributed by atoms with Gasteiger partial charge in [0, 0.05) is 18.4 Å². The second-order valence-electron chi connectivity index (χ2n) is 4.45. The van der Waals surface area contributed by atoms with Crippen molar-refractivity contribution in [2.45, 2.75) is 25.7 Å². The van der Waals surface area contributed by atoms with Crippen LogP contribution in [0.2, 0.25) is 0 Å². The Balaban J connectivity index is 1.99. The van der Waals surface area contributed by atoms with E-state index in [0.717, 1.165) is 0 Å². The number of unbranched alkanes of at least 4 members (excludes halogenated alkanes) is 1. The molecular formula is C14H15FN2O4. The van der Waals surface area contributed by atoms with Crippen LogP contribution in [0.3, 0.4) is 0 Å². The Labute approximate surface area is 120 Å². The molecule has 2 aromatic rings. The number of aromatic nitrogens is 2. The topological polar surface area (TPSA) is 85.5 Å². The molecule has 0 aliphatic heterocycles. The zero-order chi connectivity index (χ0) is 15.2. The van der Waals surface area contributed by atoms with Gasteiger partial charge >= 0.3 is 5.97 Å². The highest BCUT2D eigenvalue weighted by Crippen LogP contribution is 2.24. The smallest absolute Gasteiger partial charge is 0.303 e. The van der Waals surface area contributed by atoms with Crippen LogP contribution >= 0.6 is 0 Å². The SMILES string of the molecule is COc1ccc(-c2nnc(CCCCC(=O)O)o2)cc1F. The molecule has 21 heavy (non-hydrogen) atoms. The van der Waals surface area contributed by atoms with Gasteiger partial charge in [0.25, 0.3) is 0 Å². The van der Waals surface area contributed by atoms with Crippen molar-refractivity contribution in [3.63, 3.8) is 0 Å². The first-order valence-electron chi connectivity index (χ1n) is 6.48. The number of hydrogen-bond donors (Lipinski definition) is 1. The van der Waals surface area contributed by atoms with Crippen LogP contribution in [-0.4, -0.2) is 28.4 Å². The first kappa shape index (κ1) is 15.0. The molecule has 7 heteroatoms. The average molecular weight is 294 g/mol. The van der Waals surface area contributed by atoms with Crippen molar-refractivity contribution in [3.05, 3.63) is 29.9 Å². The number of rotatable bonds is 7. The van der Waals surface area contributed by atoms with Crippen molar-refractivity contribution in [1.82, 2.24) is 10.2 Å². The van der Waals surface area contributed by atoms with Gasteiger partial charge in [0.1, 0.15) is 0 Å². The van der Waals surface area contributed by atoms with Crippen molar-refractivity contribution < 1.29 is 23.4 Å². The lowest BCUT2D eigenvalue weighted by molar-refractivity contribution is -0.137. The summed E-state index contributed by atoms with van der Waals surface area (Å²) in [5, 5.41) is 16.3. The Morgan fingerprint density at radius 1 is 1.38 bits per heavy atom. The number of carboxylic acids is 1. The quantitative estimate of drug-likeness (QED) is 0.790. The van der Waals surface area contributed by atoms with Gasteiger partial charge in [-0.1, -0.05) is 0 Å². The van der Waals surface area contributed by atoms with Crippen LogP contribution in [0.5, 0.6) is 5.75 Å². The fourth-order valence-electron chi connectivity index (χ4n) is 1.82. The van der Waals surface area contributed by atoms with Crippen LogP contribution in [0.1, 0.15) is 25.2 Å². The van der Waals surface area contributed by atoms with Crippen molar-refractivity contribution in [2.24, 2.45) is 0 Å². The predicted octanol–water partition coefficient (Wildman–Crippen LogP) is 2.68. The number of ether oxygens (including phenoxy) is 1. The van der Waals surface area contributed by atoms with E-state index < -0.39 is 11.8 Å². The Kier molecular flexibility index (Phi) is 4.86. The number of nitrogens with zero attached hydrogens (tertiary/aromatic N) is 2. The third-order valence-electron chi connectivity index (χ3n) is 2.90. The van der Waals surface area contributed by atoms with Crippen molar-refractivity contribution in [2.75, 3.05) is 7.11 Å². The van der Waals surface area contributed by atoms with E-state index in [1.165, 1.54) is 19.2 Å². The molecule has 0 amide bonds. The second kappa shape index (κ2) is 6.83. The van der Waals surface area contributed by atoms with Crippen LogP contribution in [0.25, 0.3) is 11.5 Å². The molecule has 6 nitrogen and oxygen atoms in total. The van der Waals surface area contributed by atoms with Gasteiger partial charge in [-0.25, -0.2) is 4.39 Å². The Hall–Kier alpha value is -2.44. The molecule has 0 atom stereocenters. The maximum Gasteiger partial charge on any atom is 0.303 e. The molecule has 1 N–H and O–H groups in total. The van der Waals surface area contributed by atoms with Gasteiger partial charge in [0.05, 0.1) is 7.11 Å². The van der Waals surface area contributed by atoms with E-state index in [2.05, 4.69) is 10.2 Å². The number of methoxy groups -OCH3 is 1. The molecule has 112 valence electrons. The monoisotopic (exact) mass is 294 g/mol. The summed E-state index contributed by atoms with van der Waals surface area (Å²) in [5.41, 5.74) is 0.470. The van der Waals surface area contributed by atoms with Crippen molar-refractivity contribution in [1.29, 1.82) is 0 Å². The minimum absolute atomic E-state index is 0.116. The number of aliphatic carboxylic acids is 1. The minimum Gasteiger partial charge on any atom is -0.494 e.